The first-order valence-electron chi connectivity index (χ1n) is 8.20. The third-order valence-electron chi connectivity index (χ3n) is 3.85. The van der Waals surface area contributed by atoms with Crippen LogP contribution in [0.5, 0.6) is 5.75 Å². The van der Waals surface area contributed by atoms with Crippen molar-refractivity contribution in [3.05, 3.63) is 82.8 Å². The van der Waals surface area contributed by atoms with Gasteiger partial charge in [0.25, 0.3) is 5.91 Å². The fourth-order valence-corrected chi connectivity index (χ4v) is 2.98. The zero-order valence-electron chi connectivity index (χ0n) is 14.3. The van der Waals surface area contributed by atoms with Gasteiger partial charge in [0.05, 0.1) is 4.47 Å². The lowest BCUT2D eigenvalue weighted by Gasteiger charge is -2.10. The standard InChI is InChI=1S/C21H17BrN2O3/c22-18-12-16(14-4-2-1-3-5-14)8-11-19(18)27-13-20(25)24-17-9-6-15(7-10-17)21(23)26/h1-12H,13H2,(H2,23,26)(H,24,25). The number of nitrogens with one attached hydrogen (secondary N) is 1. The van der Waals surface area contributed by atoms with E-state index < -0.39 is 5.91 Å². The van der Waals surface area contributed by atoms with Crippen molar-refractivity contribution in [2.75, 3.05) is 11.9 Å². The van der Waals surface area contributed by atoms with Gasteiger partial charge < -0.3 is 15.8 Å². The molecule has 2 amide bonds. The van der Waals surface area contributed by atoms with E-state index in [4.69, 9.17) is 10.5 Å². The molecule has 136 valence electrons. The summed E-state index contributed by atoms with van der Waals surface area (Å²) in [6.07, 6.45) is 0. The van der Waals surface area contributed by atoms with Gasteiger partial charge in [-0.25, -0.2) is 0 Å². The highest BCUT2D eigenvalue weighted by Crippen LogP contribution is 2.30. The van der Waals surface area contributed by atoms with Gasteiger partial charge in [-0.15, -0.1) is 0 Å². The number of rotatable bonds is 6. The summed E-state index contributed by atoms with van der Waals surface area (Å²) >= 11 is 3.48. The average Bonchev–Trinajstić information content (AvgIpc) is 2.68. The highest BCUT2D eigenvalue weighted by molar-refractivity contribution is 9.10. The zero-order valence-corrected chi connectivity index (χ0v) is 15.9. The lowest BCUT2D eigenvalue weighted by atomic mass is 10.1. The smallest absolute Gasteiger partial charge is 0.262 e. The minimum Gasteiger partial charge on any atom is -0.483 e. The van der Waals surface area contributed by atoms with Crippen molar-refractivity contribution in [3.63, 3.8) is 0 Å². The van der Waals surface area contributed by atoms with Crippen LogP contribution in [0.2, 0.25) is 0 Å². The lowest BCUT2D eigenvalue weighted by Crippen LogP contribution is -2.20. The molecule has 0 aliphatic rings. The summed E-state index contributed by atoms with van der Waals surface area (Å²) in [6.45, 7) is -0.138. The molecule has 0 spiro atoms. The summed E-state index contributed by atoms with van der Waals surface area (Å²) in [5.41, 5.74) is 8.28. The first-order valence-corrected chi connectivity index (χ1v) is 9.00. The number of carbonyl (C=O) groups is 2. The van der Waals surface area contributed by atoms with Gasteiger partial charge in [0.15, 0.2) is 6.61 Å². The van der Waals surface area contributed by atoms with Crippen molar-refractivity contribution in [1.82, 2.24) is 0 Å². The zero-order chi connectivity index (χ0) is 19.2. The highest BCUT2D eigenvalue weighted by Gasteiger charge is 2.08. The van der Waals surface area contributed by atoms with E-state index in [0.717, 1.165) is 15.6 Å². The van der Waals surface area contributed by atoms with Crippen LogP contribution in [0.3, 0.4) is 0 Å². The van der Waals surface area contributed by atoms with Crippen LogP contribution in [0.25, 0.3) is 11.1 Å². The number of ether oxygens (including phenoxy) is 1. The Bertz CT molecular complexity index is 957. The minimum absolute atomic E-state index is 0.138. The molecule has 0 aromatic heterocycles. The fourth-order valence-electron chi connectivity index (χ4n) is 2.49. The molecule has 0 unspecified atom stereocenters. The minimum atomic E-state index is -0.514. The van der Waals surface area contributed by atoms with E-state index in [-0.39, 0.29) is 12.5 Å². The summed E-state index contributed by atoms with van der Waals surface area (Å²) in [7, 11) is 0. The first kappa shape index (κ1) is 18.7. The summed E-state index contributed by atoms with van der Waals surface area (Å²) in [5.74, 6) is -0.241. The molecule has 3 rings (SSSR count). The molecule has 0 aliphatic carbocycles. The van der Waals surface area contributed by atoms with Crippen LogP contribution in [0, 0.1) is 0 Å². The van der Waals surface area contributed by atoms with Gasteiger partial charge in [-0.3, -0.25) is 9.59 Å². The summed E-state index contributed by atoms with van der Waals surface area (Å²) in [4.78, 5) is 23.1. The molecule has 0 saturated carbocycles. The summed E-state index contributed by atoms with van der Waals surface area (Å²) in [5, 5.41) is 2.70. The molecule has 0 fully saturated rings. The Labute approximate surface area is 165 Å². The first-order chi connectivity index (χ1) is 13.0. The van der Waals surface area contributed by atoms with Gasteiger partial charge in [-0.1, -0.05) is 36.4 Å². The molecule has 3 aromatic carbocycles. The molecule has 0 aliphatic heterocycles. The van der Waals surface area contributed by atoms with Crippen molar-refractivity contribution in [3.8, 4) is 16.9 Å². The Kier molecular flexibility index (Phi) is 5.88. The van der Waals surface area contributed by atoms with Crippen molar-refractivity contribution >= 4 is 33.4 Å². The van der Waals surface area contributed by atoms with E-state index in [1.807, 2.05) is 48.5 Å². The molecule has 3 N–H and O–H groups in total. The second-order valence-electron chi connectivity index (χ2n) is 5.79. The second-order valence-corrected chi connectivity index (χ2v) is 6.64. The molecule has 27 heavy (non-hydrogen) atoms. The monoisotopic (exact) mass is 424 g/mol. The van der Waals surface area contributed by atoms with Crippen LogP contribution in [0.1, 0.15) is 10.4 Å². The Hall–Kier alpha value is -3.12. The number of hydrogen-bond acceptors (Lipinski definition) is 3. The molecular formula is C21H17BrN2O3. The fraction of sp³-hybridized carbons (Fsp3) is 0.0476. The number of primary amides is 1. The maximum Gasteiger partial charge on any atom is 0.262 e. The van der Waals surface area contributed by atoms with E-state index in [0.29, 0.717) is 17.0 Å². The van der Waals surface area contributed by atoms with Gasteiger partial charge in [0, 0.05) is 11.3 Å². The molecule has 6 heteroatoms. The van der Waals surface area contributed by atoms with E-state index in [9.17, 15) is 9.59 Å². The SMILES string of the molecule is NC(=O)c1ccc(NC(=O)COc2ccc(-c3ccccc3)cc2Br)cc1. The van der Waals surface area contributed by atoms with Crippen LogP contribution in [0.4, 0.5) is 5.69 Å². The van der Waals surface area contributed by atoms with Crippen LogP contribution < -0.4 is 15.8 Å². The number of amides is 2. The maximum absolute atomic E-state index is 12.1. The third-order valence-corrected chi connectivity index (χ3v) is 4.47. The van der Waals surface area contributed by atoms with Crippen LogP contribution in [0.15, 0.2) is 77.3 Å². The number of benzene rings is 3. The van der Waals surface area contributed by atoms with Crippen LogP contribution in [-0.4, -0.2) is 18.4 Å². The second kappa shape index (κ2) is 8.51. The number of anilines is 1. The van der Waals surface area contributed by atoms with Crippen molar-refractivity contribution in [2.24, 2.45) is 5.73 Å². The van der Waals surface area contributed by atoms with Crippen LogP contribution in [-0.2, 0) is 4.79 Å². The molecular weight excluding hydrogens is 408 g/mol. The Morgan fingerprint density at radius 1 is 0.926 bits per heavy atom. The molecule has 0 radical (unpaired) electrons. The normalized spacial score (nSPS) is 10.3. The van der Waals surface area contributed by atoms with Gasteiger partial charge in [-0.2, -0.15) is 0 Å². The van der Waals surface area contributed by atoms with E-state index in [1.165, 1.54) is 0 Å². The lowest BCUT2D eigenvalue weighted by molar-refractivity contribution is -0.118. The predicted molar refractivity (Wildman–Crippen MR) is 109 cm³/mol. The van der Waals surface area contributed by atoms with Gasteiger partial charge >= 0.3 is 0 Å². The molecule has 3 aromatic rings. The predicted octanol–water partition coefficient (Wildman–Crippen LogP) is 4.23. The van der Waals surface area contributed by atoms with Gasteiger partial charge in [0.2, 0.25) is 5.91 Å². The number of carbonyl (C=O) groups excluding carboxylic acids is 2. The maximum atomic E-state index is 12.1. The average molecular weight is 425 g/mol. The van der Waals surface area contributed by atoms with Crippen molar-refractivity contribution in [1.29, 1.82) is 0 Å². The summed E-state index contributed by atoms with van der Waals surface area (Å²) < 4.78 is 6.36. The molecule has 0 atom stereocenters. The summed E-state index contributed by atoms with van der Waals surface area (Å²) in [6, 6.07) is 22.0. The van der Waals surface area contributed by atoms with Gasteiger partial charge in [-0.05, 0) is 63.5 Å². The Balaban J connectivity index is 1.59. The Morgan fingerprint density at radius 2 is 1.63 bits per heavy atom. The number of hydrogen-bond donors (Lipinski definition) is 2. The molecule has 5 nitrogen and oxygen atoms in total. The van der Waals surface area contributed by atoms with Gasteiger partial charge in [0.1, 0.15) is 5.75 Å². The van der Waals surface area contributed by atoms with Crippen molar-refractivity contribution in [2.45, 2.75) is 0 Å². The largest absolute Gasteiger partial charge is 0.483 e. The Morgan fingerprint density at radius 3 is 2.26 bits per heavy atom. The number of halogens is 1. The quantitative estimate of drug-likeness (QED) is 0.620. The molecule has 0 saturated heterocycles. The van der Waals surface area contributed by atoms with Crippen molar-refractivity contribution < 1.29 is 14.3 Å². The third kappa shape index (κ3) is 4.95. The van der Waals surface area contributed by atoms with E-state index in [1.54, 1.807) is 24.3 Å². The topological polar surface area (TPSA) is 81.4 Å². The van der Waals surface area contributed by atoms with Crippen LogP contribution >= 0.6 is 15.9 Å². The highest BCUT2D eigenvalue weighted by atomic mass is 79.9. The molecule has 0 heterocycles. The molecule has 0 bridgehead atoms. The van der Waals surface area contributed by atoms with E-state index in [2.05, 4.69) is 21.2 Å². The number of nitrogens with two attached hydrogens (primary N) is 1. The van der Waals surface area contributed by atoms with E-state index >= 15 is 0 Å².